The van der Waals surface area contributed by atoms with Crippen molar-refractivity contribution in [1.82, 2.24) is 10.2 Å². The number of carbonyl (C=O) groups excluding carboxylic acids is 2. The molecule has 0 atom stereocenters. The van der Waals surface area contributed by atoms with E-state index in [9.17, 15) is 9.59 Å². The molecule has 4 heteroatoms. The molecule has 16 heavy (non-hydrogen) atoms. The number of amides is 3. The normalized spacial score (nSPS) is 29.4. The van der Waals surface area contributed by atoms with E-state index in [1.54, 1.807) is 0 Å². The van der Waals surface area contributed by atoms with Gasteiger partial charge in [0.2, 0.25) is 0 Å². The third-order valence-corrected chi connectivity index (χ3v) is 4.06. The summed E-state index contributed by atoms with van der Waals surface area (Å²) in [5.41, 5.74) is -0.532. The van der Waals surface area contributed by atoms with E-state index in [4.69, 9.17) is 0 Å². The SMILES string of the molecule is O=C1NC2(CCCCCC2)C(=O)N1C1CC1. The van der Waals surface area contributed by atoms with Gasteiger partial charge in [-0.3, -0.25) is 9.69 Å². The first-order valence-corrected chi connectivity index (χ1v) is 6.39. The standard InChI is InChI=1S/C12H18N2O2/c15-10-12(7-3-1-2-4-8-12)13-11(16)14(10)9-5-6-9/h9H,1-8H2,(H,13,16). The number of hydrogen-bond acceptors (Lipinski definition) is 2. The molecule has 0 radical (unpaired) electrons. The van der Waals surface area contributed by atoms with Gasteiger partial charge >= 0.3 is 6.03 Å². The van der Waals surface area contributed by atoms with Crippen molar-refractivity contribution in [3.63, 3.8) is 0 Å². The second-order valence-electron chi connectivity index (χ2n) is 5.33. The van der Waals surface area contributed by atoms with E-state index < -0.39 is 5.54 Å². The molecule has 4 nitrogen and oxygen atoms in total. The van der Waals surface area contributed by atoms with Crippen molar-refractivity contribution in [2.45, 2.75) is 62.9 Å². The van der Waals surface area contributed by atoms with Gasteiger partial charge in [-0.25, -0.2) is 4.79 Å². The molecular formula is C12H18N2O2. The highest BCUT2D eigenvalue weighted by Gasteiger charge is 2.54. The topological polar surface area (TPSA) is 49.4 Å². The lowest BCUT2D eigenvalue weighted by Crippen LogP contribution is -2.46. The Balaban J connectivity index is 1.85. The zero-order chi connectivity index (χ0) is 11.2. The highest BCUT2D eigenvalue weighted by molar-refractivity contribution is 6.07. The first-order valence-electron chi connectivity index (χ1n) is 6.39. The molecule has 0 unspecified atom stereocenters. The quantitative estimate of drug-likeness (QED) is 0.688. The van der Waals surface area contributed by atoms with Crippen LogP contribution in [0.2, 0.25) is 0 Å². The van der Waals surface area contributed by atoms with Gasteiger partial charge in [-0.05, 0) is 25.7 Å². The lowest BCUT2D eigenvalue weighted by molar-refractivity contribution is -0.132. The van der Waals surface area contributed by atoms with Gasteiger partial charge in [-0.1, -0.05) is 25.7 Å². The zero-order valence-corrected chi connectivity index (χ0v) is 9.50. The van der Waals surface area contributed by atoms with Gasteiger partial charge < -0.3 is 5.32 Å². The maximum atomic E-state index is 12.4. The van der Waals surface area contributed by atoms with Gasteiger partial charge in [0.05, 0.1) is 0 Å². The van der Waals surface area contributed by atoms with Crippen LogP contribution in [0.5, 0.6) is 0 Å². The van der Waals surface area contributed by atoms with Crippen molar-refractivity contribution in [2.75, 3.05) is 0 Å². The first-order chi connectivity index (χ1) is 7.73. The Morgan fingerprint density at radius 2 is 1.69 bits per heavy atom. The van der Waals surface area contributed by atoms with Crippen LogP contribution in [0, 0.1) is 0 Å². The van der Waals surface area contributed by atoms with E-state index in [1.807, 2.05) is 0 Å². The fourth-order valence-electron chi connectivity index (χ4n) is 2.98. The molecule has 2 aliphatic carbocycles. The summed E-state index contributed by atoms with van der Waals surface area (Å²) in [5.74, 6) is 0.0573. The Morgan fingerprint density at radius 3 is 2.25 bits per heavy atom. The number of carbonyl (C=O) groups is 2. The highest BCUT2D eigenvalue weighted by atomic mass is 16.2. The third-order valence-electron chi connectivity index (χ3n) is 4.06. The van der Waals surface area contributed by atoms with E-state index in [0.29, 0.717) is 0 Å². The van der Waals surface area contributed by atoms with Crippen LogP contribution in [0.25, 0.3) is 0 Å². The molecule has 1 N–H and O–H groups in total. The van der Waals surface area contributed by atoms with Gasteiger partial charge in [0.15, 0.2) is 0 Å². The van der Waals surface area contributed by atoms with Gasteiger partial charge in [-0.15, -0.1) is 0 Å². The number of urea groups is 1. The lowest BCUT2D eigenvalue weighted by Gasteiger charge is -2.24. The predicted octanol–water partition coefficient (Wildman–Crippen LogP) is 1.79. The average Bonchev–Trinajstić information content (AvgIpc) is 3.03. The maximum Gasteiger partial charge on any atom is 0.325 e. The van der Waals surface area contributed by atoms with Gasteiger partial charge in [-0.2, -0.15) is 0 Å². The number of hydrogen-bond donors (Lipinski definition) is 1. The van der Waals surface area contributed by atoms with Crippen LogP contribution in [0.4, 0.5) is 4.79 Å². The molecule has 1 saturated heterocycles. The number of imide groups is 1. The van der Waals surface area contributed by atoms with Gasteiger partial charge in [0.1, 0.15) is 5.54 Å². The molecule has 3 rings (SSSR count). The fourth-order valence-corrected chi connectivity index (χ4v) is 2.98. The molecule has 0 aromatic carbocycles. The van der Waals surface area contributed by atoms with Gasteiger partial charge in [0, 0.05) is 6.04 Å². The summed E-state index contributed by atoms with van der Waals surface area (Å²) in [5, 5.41) is 2.97. The first kappa shape index (κ1) is 10.1. The van der Waals surface area contributed by atoms with Crippen LogP contribution in [-0.4, -0.2) is 28.4 Å². The number of rotatable bonds is 1. The van der Waals surface area contributed by atoms with Crippen molar-refractivity contribution >= 4 is 11.9 Å². The monoisotopic (exact) mass is 222 g/mol. The van der Waals surface area contributed by atoms with E-state index in [-0.39, 0.29) is 18.0 Å². The van der Waals surface area contributed by atoms with Gasteiger partial charge in [0.25, 0.3) is 5.91 Å². The van der Waals surface area contributed by atoms with Crippen molar-refractivity contribution in [2.24, 2.45) is 0 Å². The molecule has 3 amide bonds. The molecule has 0 aromatic rings. The summed E-state index contributed by atoms with van der Waals surface area (Å²) >= 11 is 0. The lowest BCUT2D eigenvalue weighted by atomic mass is 9.90. The molecule has 0 bridgehead atoms. The fraction of sp³-hybridized carbons (Fsp3) is 0.833. The summed E-state index contributed by atoms with van der Waals surface area (Å²) in [6.07, 6.45) is 8.16. The smallest absolute Gasteiger partial charge is 0.323 e. The van der Waals surface area contributed by atoms with Crippen molar-refractivity contribution in [3.8, 4) is 0 Å². The molecule has 3 fully saturated rings. The predicted molar refractivity (Wildman–Crippen MR) is 58.8 cm³/mol. The Labute approximate surface area is 95.4 Å². The molecule has 1 spiro atoms. The average molecular weight is 222 g/mol. The third kappa shape index (κ3) is 1.43. The summed E-state index contributed by atoms with van der Waals surface area (Å²) in [6, 6.07) is 0.0597. The van der Waals surface area contributed by atoms with E-state index >= 15 is 0 Å². The Hall–Kier alpha value is -1.06. The van der Waals surface area contributed by atoms with E-state index in [2.05, 4.69) is 5.32 Å². The molecule has 2 saturated carbocycles. The van der Waals surface area contributed by atoms with Crippen molar-refractivity contribution in [3.05, 3.63) is 0 Å². The van der Waals surface area contributed by atoms with E-state index in [0.717, 1.165) is 38.5 Å². The molecule has 1 aliphatic heterocycles. The minimum absolute atomic E-state index is 0.0573. The minimum Gasteiger partial charge on any atom is -0.323 e. The Kier molecular flexibility index (Phi) is 2.19. The van der Waals surface area contributed by atoms with E-state index in [1.165, 1.54) is 17.7 Å². The molecule has 3 aliphatic rings. The summed E-state index contributed by atoms with van der Waals surface area (Å²) in [4.78, 5) is 25.7. The summed E-state index contributed by atoms with van der Waals surface area (Å²) in [6.45, 7) is 0. The number of nitrogens with one attached hydrogen (secondary N) is 1. The maximum absolute atomic E-state index is 12.4. The van der Waals surface area contributed by atoms with Crippen LogP contribution < -0.4 is 5.32 Å². The number of nitrogens with zero attached hydrogens (tertiary/aromatic N) is 1. The van der Waals surface area contributed by atoms with Crippen LogP contribution in [0.1, 0.15) is 51.4 Å². The second kappa shape index (κ2) is 3.47. The van der Waals surface area contributed by atoms with Crippen LogP contribution in [0.3, 0.4) is 0 Å². The van der Waals surface area contributed by atoms with Crippen molar-refractivity contribution < 1.29 is 9.59 Å². The minimum atomic E-state index is -0.532. The summed E-state index contributed by atoms with van der Waals surface area (Å²) < 4.78 is 0. The molecular weight excluding hydrogens is 204 g/mol. The van der Waals surface area contributed by atoms with Crippen LogP contribution in [-0.2, 0) is 4.79 Å². The molecule has 0 aromatic heterocycles. The molecule has 88 valence electrons. The van der Waals surface area contributed by atoms with Crippen LogP contribution >= 0.6 is 0 Å². The Morgan fingerprint density at radius 1 is 1.06 bits per heavy atom. The van der Waals surface area contributed by atoms with Crippen LogP contribution in [0.15, 0.2) is 0 Å². The zero-order valence-electron chi connectivity index (χ0n) is 9.50. The summed E-state index contributed by atoms with van der Waals surface area (Å²) in [7, 11) is 0. The second-order valence-corrected chi connectivity index (χ2v) is 5.33. The highest BCUT2D eigenvalue weighted by Crippen LogP contribution is 2.37. The largest absolute Gasteiger partial charge is 0.325 e. The Bertz CT molecular complexity index is 328. The van der Waals surface area contributed by atoms with Crippen molar-refractivity contribution in [1.29, 1.82) is 0 Å². The molecule has 1 heterocycles.